The normalized spacial score (nSPS) is 22.2. The molecule has 1 nitrogen and oxygen atoms in total. The molecule has 0 saturated carbocycles. The first-order valence-corrected chi connectivity index (χ1v) is 6.40. The molecule has 16 heavy (non-hydrogen) atoms. The lowest BCUT2D eigenvalue weighted by atomic mass is 9.86. The molecular formula is C12H14BrClFN. The molecule has 0 amide bonds. The van der Waals surface area contributed by atoms with Gasteiger partial charge in [-0.15, -0.1) is 0 Å². The first-order chi connectivity index (χ1) is 7.38. The fourth-order valence-electron chi connectivity index (χ4n) is 2.59. The van der Waals surface area contributed by atoms with Crippen molar-refractivity contribution in [3.63, 3.8) is 0 Å². The minimum atomic E-state index is -0.172. The van der Waals surface area contributed by atoms with Crippen molar-refractivity contribution in [2.24, 2.45) is 0 Å². The van der Waals surface area contributed by atoms with Crippen molar-refractivity contribution in [2.75, 3.05) is 7.05 Å². The van der Waals surface area contributed by atoms with Crippen molar-refractivity contribution >= 4 is 27.5 Å². The Balaban J connectivity index is 2.74. The standard InChI is InChI=1S/C12H14BrClFN/c1-12(2)5-8(16-3)9-10(12)7(15)4-6(13)11(9)14/h4,8,16H,5H2,1-3H3. The predicted molar refractivity (Wildman–Crippen MR) is 68.6 cm³/mol. The van der Waals surface area contributed by atoms with Gasteiger partial charge in [0.15, 0.2) is 0 Å². The second kappa shape index (κ2) is 3.97. The summed E-state index contributed by atoms with van der Waals surface area (Å²) in [6, 6.07) is 1.59. The van der Waals surface area contributed by atoms with Crippen LogP contribution in [0, 0.1) is 5.82 Å². The van der Waals surface area contributed by atoms with E-state index >= 15 is 0 Å². The molecule has 1 aliphatic carbocycles. The van der Waals surface area contributed by atoms with Crippen LogP contribution in [0.15, 0.2) is 10.5 Å². The predicted octanol–water partition coefficient (Wildman–Crippen LogP) is 4.18. The maximum absolute atomic E-state index is 14.0. The number of hydrogen-bond acceptors (Lipinski definition) is 1. The summed E-state index contributed by atoms with van der Waals surface area (Å²) < 4.78 is 14.6. The van der Waals surface area contributed by atoms with E-state index in [-0.39, 0.29) is 17.3 Å². The lowest BCUT2D eigenvalue weighted by Gasteiger charge is -2.19. The van der Waals surface area contributed by atoms with E-state index in [9.17, 15) is 4.39 Å². The minimum Gasteiger partial charge on any atom is -0.313 e. The number of halogens is 3. The highest BCUT2D eigenvalue weighted by molar-refractivity contribution is 9.10. The van der Waals surface area contributed by atoms with Gasteiger partial charge in [-0.3, -0.25) is 0 Å². The smallest absolute Gasteiger partial charge is 0.128 e. The van der Waals surface area contributed by atoms with Crippen molar-refractivity contribution < 1.29 is 4.39 Å². The SMILES string of the molecule is CNC1CC(C)(C)c2c(F)cc(Br)c(Cl)c21. The van der Waals surface area contributed by atoms with Crippen LogP contribution >= 0.6 is 27.5 Å². The van der Waals surface area contributed by atoms with Crippen LogP contribution in [-0.2, 0) is 5.41 Å². The monoisotopic (exact) mass is 305 g/mol. The summed E-state index contributed by atoms with van der Waals surface area (Å²) in [6.07, 6.45) is 0.867. The van der Waals surface area contributed by atoms with Crippen molar-refractivity contribution in [3.8, 4) is 0 Å². The van der Waals surface area contributed by atoms with Crippen LogP contribution in [0.25, 0.3) is 0 Å². The second-order valence-electron chi connectivity index (χ2n) is 4.87. The summed E-state index contributed by atoms with van der Waals surface area (Å²) >= 11 is 9.55. The highest BCUT2D eigenvalue weighted by Gasteiger charge is 2.40. The van der Waals surface area contributed by atoms with Gasteiger partial charge < -0.3 is 5.32 Å². The fourth-order valence-corrected chi connectivity index (χ4v) is 3.29. The van der Waals surface area contributed by atoms with E-state index in [1.807, 2.05) is 7.05 Å². The average Bonchev–Trinajstić information content (AvgIpc) is 2.46. The summed E-state index contributed by atoms with van der Waals surface area (Å²) in [5, 5.41) is 3.83. The molecule has 1 aliphatic rings. The number of rotatable bonds is 1. The van der Waals surface area contributed by atoms with Gasteiger partial charge in [-0.2, -0.15) is 0 Å². The van der Waals surface area contributed by atoms with Crippen LogP contribution < -0.4 is 5.32 Å². The van der Waals surface area contributed by atoms with Gasteiger partial charge in [0.1, 0.15) is 5.82 Å². The number of benzene rings is 1. The van der Waals surface area contributed by atoms with Gasteiger partial charge >= 0.3 is 0 Å². The molecule has 1 N–H and O–H groups in total. The number of nitrogens with one attached hydrogen (secondary N) is 1. The molecule has 4 heteroatoms. The Labute approximate surface area is 109 Å². The first kappa shape index (κ1) is 12.3. The summed E-state index contributed by atoms with van der Waals surface area (Å²) in [4.78, 5) is 0. The fraction of sp³-hybridized carbons (Fsp3) is 0.500. The van der Waals surface area contributed by atoms with Gasteiger partial charge in [0.05, 0.1) is 5.02 Å². The lowest BCUT2D eigenvalue weighted by Crippen LogP contribution is -2.17. The van der Waals surface area contributed by atoms with Crippen LogP contribution in [-0.4, -0.2) is 7.05 Å². The quantitative estimate of drug-likeness (QED) is 0.767. The Morgan fingerprint density at radius 2 is 2.19 bits per heavy atom. The maximum atomic E-state index is 14.0. The van der Waals surface area contributed by atoms with Crippen LogP contribution in [0.5, 0.6) is 0 Å². The third-order valence-electron chi connectivity index (χ3n) is 3.30. The van der Waals surface area contributed by atoms with Gasteiger partial charge in [0, 0.05) is 10.5 Å². The number of fused-ring (bicyclic) bond motifs is 1. The molecule has 0 aliphatic heterocycles. The summed E-state index contributed by atoms with van der Waals surface area (Å²) in [7, 11) is 1.88. The van der Waals surface area contributed by atoms with E-state index in [2.05, 4.69) is 35.1 Å². The minimum absolute atomic E-state index is 0.129. The Morgan fingerprint density at radius 1 is 1.56 bits per heavy atom. The Hall–Kier alpha value is -0.120. The van der Waals surface area contributed by atoms with E-state index in [1.54, 1.807) is 0 Å². The van der Waals surface area contributed by atoms with E-state index in [4.69, 9.17) is 11.6 Å². The van der Waals surface area contributed by atoms with E-state index < -0.39 is 0 Å². The summed E-state index contributed by atoms with van der Waals surface area (Å²) in [5.74, 6) is -0.172. The zero-order chi connectivity index (χ0) is 12.1. The topological polar surface area (TPSA) is 12.0 Å². The molecule has 0 saturated heterocycles. The molecule has 0 spiro atoms. The molecular weight excluding hydrogens is 292 g/mol. The molecule has 1 aromatic carbocycles. The van der Waals surface area contributed by atoms with Crippen LogP contribution in [0.4, 0.5) is 4.39 Å². The van der Waals surface area contributed by atoms with Gasteiger partial charge in [0.25, 0.3) is 0 Å². The Morgan fingerprint density at radius 3 is 2.75 bits per heavy atom. The largest absolute Gasteiger partial charge is 0.313 e. The number of hydrogen-bond donors (Lipinski definition) is 1. The van der Waals surface area contributed by atoms with E-state index in [1.165, 1.54) is 6.07 Å². The molecule has 1 unspecified atom stereocenters. The molecule has 2 rings (SSSR count). The van der Waals surface area contributed by atoms with Crippen LogP contribution in [0.2, 0.25) is 5.02 Å². The molecule has 88 valence electrons. The zero-order valence-corrected chi connectivity index (χ0v) is 11.8. The molecule has 0 fully saturated rings. The third-order valence-corrected chi connectivity index (χ3v) is 4.56. The lowest BCUT2D eigenvalue weighted by molar-refractivity contribution is 0.435. The van der Waals surface area contributed by atoms with Crippen molar-refractivity contribution in [1.29, 1.82) is 0 Å². The third kappa shape index (κ3) is 1.69. The van der Waals surface area contributed by atoms with Crippen LogP contribution in [0.1, 0.15) is 37.4 Å². The molecule has 1 aromatic rings. The van der Waals surface area contributed by atoms with Gasteiger partial charge in [-0.25, -0.2) is 4.39 Å². The molecule has 1 atom stereocenters. The van der Waals surface area contributed by atoms with Crippen molar-refractivity contribution in [2.45, 2.75) is 31.7 Å². The van der Waals surface area contributed by atoms with Gasteiger partial charge in [-0.1, -0.05) is 25.4 Å². The van der Waals surface area contributed by atoms with Crippen molar-refractivity contribution in [3.05, 3.63) is 32.5 Å². The summed E-state index contributed by atoms with van der Waals surface area (Å²) in [6.45, 7) is 4.10. The molecule has 0 radical (unpaired) electrons. The van der Waals surface area contributed by atoms with Crippen LogP contribution in [0.3, 0.4) is 0 Å². The first-order valence-electron chi connectivity index (χ1n) is 5.23. The highest BCUT2D eigenvalue weighted by atomic mass is 79.9. The molecule has 0 heterocycles. The second-order valence-corrected chi connectivity index (χ2v) is 6.10. The Kier molecular flexibility index (Phi) is 3.06. The maximum Gasteiger partial charge on any atom is 0.128 e. The van der Waals surface area contributed by atoms with Crippen molar-refractivity contribution in [1.82, 2.24) is 5.32 Å². The van der Waals surface area contributed by atoms with Gasteiger partial charge in [-0.05, 0) is 52.0 Å². The molecule has 0 bridgehead atoms. The Bertz CT molecular complexity index is 445. The van der Waals surface area contributed by atoms with Gasteiger partial charge in [0.2, 0.25) is 0 Å². The summed E-state index contributed by atoms with van der Waals surface area (Å²) in [5.41, 5.74) is 1.48. The highest BCUT2D eigenvalue weighted by Crippen LogP contribution is 2.50. The molecule has 0 aromatic heterocycles. The van der Waals surface area contributed by atoms with E-state index in [0.717, 1.165) is 17.5 Å². The zero-order valence-electron chi connectivity index (χ0n) is 9.50. The average molecular weight is 307 g/mol. The van der Waals surface area contributed by atoms with E-state index in [0.29, 0.717) is 9.50 Å².